The summed E-state index contributed by atoms with van der Waals surface area (Å²) in [6.45, 7) is 7.30. The molecule has 2 radical (unpaired) electrons. The molecule has 0 atom stereocenters. The molecule has 0 saturated heterocycles. The molecule has 1 aromatic carbocycles. The molecule has 0 bridgehead atoms. The van der Waals surface area contributed by atoms with E-state index in [0.717, 1.165) is 0 Å². The molecule has 152 valence electrons. The van der Waals surface area contributed by atoms with Gasteiger partial charge in [-0.25, -0.2) is 9.97 Å². The first-order valence-electron chi connectivity index (χ1n) is 8.23. The lowest BCUT2D eigenvalue weighted by Crippen LogP contribution is -2.50. The Morgan fingerprint density at radius 2 is 1.54 bits per heavy atom. The van der Waals surface area contributed by atoms with Crippen LogP contribution in [-0.4, -0.2) is 22.1 Å². The fourth-order valence-corrected chi connectivity index (χ4v) is 2.44. The summed E-state index contributed by atoms with van der Waals surface area (Å²) in [6.07, 6.45) is -6.17. The van der Waals surface area contributed by atoms with E-state index in [1.807, 2.05) is 0 Å². The van der Waals surface area contributed by atoms with Crippen LogP contribution in [0.25, 0.3) is 11.4 Å². The summed E-state index contributed by atoms with van der Waals surface area (Å²) in [5, 5.41) is 0. The lowest BCUT2D eigenvalue weighted by Gasteiger charge is -2.28. The van der Waals surface area contributed by atoms with Crippen molar-refractivity contribution in [1.29, 1.82) is 0 Å². The Hall–Kier alpha value is -2.19. The maximum atomic E-state index is 14.2. The zero-order chi connectivity index (χ0) is 21.3. The number of halogens is 7. The van der Waals surface area contributed by atoms with E-state index in [1.165, 1.54) is 24.3 Å². The van der Waals surface area contributed by atoms with Gasteiger partial charge in [-0.15, -0.1) is 0 Å². The number of aromatic nitrogens is 2. The van der Waals surface area contributed by atoms with E-state index in [0.29, 0.717) is 6.07 Å². The summed E-state index contributed by atoms with van der Waals surface area (Å²) >= 11 is 0. The summed E-state index contributed by atoms with van der Waals surface area (Å²) in [5.41, 5.74) is -1.74. The van der Waals surface area contributed by atoms with Gasteiger partial charge in [0.2, 0.25) is 0 Å². The second-order valence-corrected chi connectivity index (χ2v) is 6.68. The van der Waals surface area contributed by atoms with Crippen LogP contribution >= 0.6 is 0 Å². The van der Waals surface area contributed by atoms with Gasteiger partial charge >= 0.3 is 18.0 Å². The van der Waals surface area contributed by atoms with Gasteiger partial charge in [-0.3, -0.25) is 0 Å². The normalized spacial score (nSPS) is 13.4. The fourth-order valence-electron chi connectivity index (χ4n) is 2.44. The summed E-state index contributed by atoms with van der Waals surface area (Å²) in [6, 6.07) is 7.95. The minimum atomic E-state index is -6.45. The van der Waals surface area contributed by atoms with Gasteiger partial charge in [0.1, 0.15) is 5.69 Å². The number of rotatable bonds is 6. The number of hydrogen-bond acceptors (Lipinski definition) is 2. The van der Waals surface area contributed by atoms with Crippen molar-refractivity contribution >= 4 is 0 Å². The number of hydrogen-bond donors (Lipinski definition) is 0. The van der Waals surface area contributed by atoms with Crippen LogP contribution in [-0.2, 0) is 5.92 Å². The maximum absolute atomic E-state index is 14.2. The molecule has 1 aromatic heterocycles. The van der Waals surface area contributed by atoms with E-state index in [-0.39, 0.29) is 29.5 Å². The Kier molecular flexibility index (Phi) is 6.06. The molecule has 0 amide bonds. The molecule has 0 N–H and O–H groups in total. The van der Waals surface area contributed by atoms with Crippen molar-refractivity contribution in [2.45, 2.75) is 38.3 Å². The lowest BCUT2D eigenvalue weighted by atomic mass is 9.94. The van der Waals surface area contributed by atoms with E-state index in [4.69, 9.17) is 0 Å². The quantitative estimate of drug-likeness (QED) is 0.531. The highest BCUT2D eigenvalue weighted by atomic mass is 19.4. The van der Waals surface area contributed by atoms with Crippen molar-refractivity contribution in [3.63, 3.8) is 0 Å². The lowest BCUT2D eigenvalue weighted by molar-refractivity contribution is -0.360. The molecular formula is C19H17F7N2. The van der Waals surface area contributed by atoms with Crippen molar-refractivity contribution in [1.82, 2.24) is 9.97 Å². The van der Waals surface area contributed by atoms with Crippen LogP contribution < -0.4 is 0 Å². The molecule has 0 unspecified atom stereocenters. The van der Waals surface area contributed by atoms with Crippen molar-refractivity contribution in [2.75, 3.05) is 0 Å². The summed E-state index contributed by atoms with van der Waals surface area (Å²) in [4.78, 5) is 7.38. The molecule has 2 nitrogen and oxygen atoms in total. The summed E-state index contributed by atoms with van der Waals surface area (Å²) in [7, 11) is 0. The molecule has 0 saturated carbocycles. The SMILES string of the molecule is [CH2][C](CC(C)C)c1cc(C(F)(F)C(F)(F)C(F)(F)F)nc(-c2ccccc2)n1. The molecular weight excluding hydrogens is 389 g/mol. The fraction of sp³-hybridized carbons (Fsp3) is 0.368. The standard InChI is InChI=1S/C19H17F7N2/c1-11(2)9-12(3)14-10-15(17(20,21)18(22,23)19(24,25)26)28-16(27-14)13-7-5-4-6-8-13/h4-8,10-11H,3,9H2,1-2H3. The minimum absolute atomic E-state index is 0.0308. The first-order valence-corrected chi connectivity index (χ1v) is 8.23. The van der Waals surface area contributed by atoms with Crippen LogP contribution in [0, 0.1) is 18.8 Å². The molecule has 0 aliphatic carbocycles. The van der Waals surface area contributed by atoms with Crippen molar-refractivity contribution < 1.29 is 30.7 Å². The molecule has 28 heavy (non-hydrogen) atoms. The van der Waals surface area contributed by atoms with E-state index in [2.05, 4.69) is 16.9 Å². The predicted molar refractivity (Wildman–Crippen MR) is 89.5 cm³/mol. The Bertz CT molecular complexity index is 802. The molecule has 0 aliphatic heterocycles. The predicted octanol–water partition coefficient (Wildman–Crippen LogP) is 6.24. The first kappa shape index (κ1) is 22.1. The highest BCUT2D eigenvalue weighted by Crippen LogP contribution is 2.51. The van der Waals surface area contributed by atoms with E-state index in [1.54, 1.807) is 19.9 Å². The van der Waals surface area contributed by atoms with Crippen LogP contribution in [0.5, 0.6) is 0 Å². The van der Waals surface area contributed by atoms with Crippen LogP contribution in [0.1, 0.15) is 31.7 Å². The Morgan fingerprint density at radius 1 is 0.964 bits per heavy atom. The van der Waals surface area contributed by atoms with Crippen molar-refractivity contribution in [2.24, 2.45) is 5.92 Å². The third-order valence-electron chi connectivity index (χ3n) is 3.85. The van der Waals surface area contributed by atoms with Gasteiger partial charge < -0.3 is 0 Å². The van der Waals surface area contributed by atoms with Gasteiger partial charge in [0.05, 0.1) is 5.69 Å². The van der Waals surface area contributed by atoms with Crippen LogP contribution in [0.4, 0.5) is 30.7 Å². The second-order valence-electron chi connectivity index (χ2n) is 6.68. The first-order chi connectivity index (χ1) is 12.8. The minimum Gasteiger partial charge on any atom is -0.232 e. The monoisotopic (exact) mass is 406 g/mol. The molecule has 2 rings (SSSR count). The topological polar surface area (TPSA) is 25.8 Å². The van der Waals surface area contributed by atoms with E-state index >= 15 is 0 Å². The average Bonchev–Trinajstić information content (AvgIpc) is 2.60. The Labute approximate surface area is 157 Å². The number of nitrogens with zero attached hydrogens (tertiary/aromatic N) is 2. The molecule has 0 aliphatic rings. The van der Waals surface area contributed by atoms with Crippen molar-refractivity contribution in [3.05, 3.63) is 60.6 Å². The molecule has 1 heterocycles. The Balaban J connectivity index is 2.66. The Morgan fingerprint density at radius 3 is 2.04 bits per heavy atom. The largest absolute Gasteiger partial charge is 0.460 e. The summed E-state index contributed by atoms with van der Waals surface area (Å²) in [5.74, 6) is -12.0. The molecule has 2 aromatic rings. The van der Waals surface area contributed by atoms with Gasteiger partial charge in [-0.2, -0.15) is 30.7 Å². The maximum Gasteiger partial charge on any atom is 0.460 e. The van der Waals surface area contributed by atoms with Gasteiger partial charge in [0.15, 0.2) is 5.82 Å². The smallest absolute Gasteiger partial charge is 0.232 e. The van der Waals surface area contributed by atoms with Gasteiger partial charge in [0.25, 0.3) is 0 Å². The average molecular weight is 406 g/mol. The van der Waals surface area contributed by atoms with E-state index < -0.39 is 29.5 Å². The van der Waals surface area contributed by atoms with Crippen LogP contribution in [0.15, 0.2) is 36.4 Å². The van der Waals surface area contributed by atoms with Crippen LogP contribution in [0.2, 0.25) is 0 Å². The zero-order valence-corrected chi connectivity index (χ0v) is 15.0. The second kappa shape index (κ2) is 7.67. The highest BCUT2D eigenvalue weighted by molar-refractivity contribution is 5.55. The van der Waals surface area contributed by atoms with Gasteiger partial charge in [-0.1, -0.05) is 44.2 Å². The van der Waals surface area contributed by atoms with Crippen molar-refractivity contribution in [3.8, 4) is 11.4 Å². The molecule has 0 fully saturated rings. The molecule has 0 spiro atoms. The third kappa shape index (κ3) is 4.28. The molecule has 9 heteroatoms. The summed E-state index contributed by atoms with van der Waals surface area (Å²) < 4.78 is 93.2. The zero-order valence-electron chi connectivity index (χ0n) is 15.0. The van der Waals surface area contributed by atoms with Gasteiger partial charge in [-0.05, 0) is 25.3 Å². The van der Waals surface area contributed by atoms with E-state index in [9.17, 15) is 30.7 Å². The highest BCUT2D eigenvalue weighted by Gasteiger charge is 2.74. The van der Waals surface area contributed by atoms with Gasteiger partial charge in [0, 0.05) is 11.5 Å². The number of alkyl halides is 7. The third-order valence-corrected chi connectivity index (χ3v) is 3.85. The number of benzene rings is 1. The van der Waals surface area contributed by atoms with Crippen LogP contribution in [0.3, 0.4) is 0 Å².